The Balaban J connectivity index is 1.76. The summed E-state index contributed by atoms with van der Waals surface area (Å²) in [6, 6.07) is 10.8. The molecule has 0 atom stereocenters. The fraction of sp³-hybridized carbons (Fsp3) is 0.208. The van der Waals surface area contributed by atoms with Crippen molar-refractivity contribution in [3.63, 3.8) is 0 Å². The molecule has 0 radical (unpaired) electrons. The average molecular weight is 486 g/mol. The van der Waals surface area contributed by atoms with Crippen LogP contribution in [0.15, 0.2) is 48.0 Å². The van der Waals surface area contributed by atoms with E-state index in [-0.39, 0.29) is 26.3 Å². The molecule has 2 aliphatic rings. The molecule has 2 aliphatic heterocycles. The number of rotatable bonds is 2. The third-order valence-electron chi connectivity index (χ3n) is 5.83. The summed E-state index contributed by atoms with van der Waals surface area (Å²) >= 11 is 17.7. The average Bonchev–Trinajstić information content (AvgIpc) is 2.72. The fourth-order valence-electron chi connectivity index (χ4n) is 3.97. The van der Waals surface area contributed by atoms with Gasteiger partial charge in [0.1, 0.15) is 5.57 Å². The van der Waals surface area contributed by atoms with Gasteiger partial charge in [0.15, 0.2) is 5.11 Å². The van der Waals surface area contributed by atoms with Gasteiger partial charge in [-0.25, -0.2) is 0 Å². The topological polar surface area (TPSA) is 52.7 Å². The van der Waals surface area contributed by atoms with Crippen LogP contribution in [0.4, 0.5) is 11.4 Å². The Morgan fingerprint density at radius 2 is 1.81 bits per heavy atom. The summed E-state index contributed by atoms with van der Waals surface area (Å²) in [5.41, 5.74) is 4.17. The van der Waals surface area contributed by atoms with Gasteiger partial charge in [-0.05, 0) is 74.5 Å². The van der Waals surface area contributed by atoms with Crippen LogP contribution in [0.25, 0.3) is 11.6 Å². The lowest BCUT2D eigenvalue weighted by Crippen LogP contribution is -2.54. The number of allylic oxidation sites excluding steroid dienone is 1. The predicted octanol–water partition coefficient (Wildman–Crippen LogP) is 5.46. The molecule has 2 aromatic carbocycles. The van der Waals surface area contributed by atoms with E-state index >= 15 is 0 Å². The number of amides is 2. The SMILES string of the molecule is CC1=CC(C)(C)N(C)c2ccc(/C=C3\C(=O)NC(=S)N(c4cccc(Cl)c4Cl)C3=O)cc21. The molecule has 164 valence electrons. The Labute approximate surface area is 202 Å². The molecule has 4 rings (SSSR count). The Morgan fingerprint density at radius 1 is 1.09 bits per heavy atom. The van der Waals surface area contributed by atoms with E-state index in [1.54, 1.807) is 24.3 Å². The zero-order chi connectivity index (χ0) is 23.4. The fourth-order valence-corrected chi connectivity index (χ4v) is 4.63. The van der Waals surface area contributed by atoms with Crippen molar-refractivity contribution in [1.29, 1.82) is 0 Å². The molecular formula is C24H21Cl2N3O2S. The van der Waals surface area contributed by atoms with Crippen LogP contribution in [0.5, 0.6) is 0 Å². The van der Waals surface area contributed by atoms with Crippen molar-refractivity contribution >= 4 is 75.4 Å². The molecule has 8 heteroatoms. The Kier molecular flexibility index (Phi) is 5.65. The third-order valence-corrected chi connectivity index (χ3v) is 6.92. The molecule has 0 aliphatic carbocycles. The molecule has 0 unspecified atom stereocenters. The highest BCUT2D eigenvalue weighted by Crippen LogP contribution is 2.39. The zero-order valence-electron chi connectivity index (χ0n) is 18.0. The molecule has 1 fully saturated rings. The van der Waals surface area contributed by atoms with Gasteiger partial charge in [0.2, 0.25) is 0 Å². The third kappa shape index (κ3) is 3.72. The molecule has 0 spiro atoms. The summed E-state index contributed by atoms with van der Waals surface area (Å²) in [5.74, 6) is -1.12. The summed E-state index contributed by atoms with van der Waals surface area (Å²) in [7, 11) is 2.05. The van der Waals surface area contributed by atoms with E-state index in [1.165, 1.54) is 4.90 Å². The Morgan fingerprint density at radius 3 is 2.53 bits per heavy atom. The summed E-state index contributed by atoms with van der Waals surface area (Å²) in [6.45, 7) is 6.36. The van der Waals surface area contributed by atoms with E-state index in [9.17, 15) is 9.59 Å². The number of thiocarbonyl (C=S) groups is 1. The van der Waals surface area contributed by atoms with Crippen LogP contribution in [0, 0.1) is 0 Å². The van der Waals surface area contributed by atoms with E-state index in [0.29, 0.717) is 5.69 Å². The Bertz CT molecular complexity index is 1250. The van der Waals surface area contributed by atoms with E-state index < -0.39 is 11.8 Å². The number of carbonyl (C=O) groups is 2. The van der Waals surface area contributed by atoms with Crippen LogP contribution in [0.1, 0.15) is 31.9 Å². The smallest absolute Gasteiger partial charge is 0.270 e. The van der Waals surface area contributed by atoms with Crippen molar-refractivity contribution < 1.29 is 9.59 Å². The van der Waals surface area contributed by atoms with Gasteiger partial charge in [0, 0.05) is 18.3 Å². The molecule has 32 heavy (non-hydrogen) atoms. The van der Waals surface area contributed by atoms with Gasteiger partial charge >= 0.3 is 0 Å². The first kappa shape index (κ1) is 22.5. The lowest BCUT2D eigenvalue weighted by atomic mass is 9.88. The van der Waals surface area contributed by atoms with Gasteiger partial charge in [-0.15, -0.1) is 0 Å². The van der Waals surface area contributed by atoms with Crippen LogP contribution in [0.2, 0.25) is 10.0 Å². The number of hydrogen-bond acceptors (Lipinski definition) is 4. The number of nitrogens with one attached hydrogen (secondary N) is 1. The van der Waals surface area contributed by atoms with E-state index in [4.69, 9.17) is 35.4 Å². The van der Waals surface area contributed by atoms with Crippen LogP contribution < -0.4 is 15.1 Å². The molecule has 1 N–H and O–H groups in total. The standard InChI is InChI=1S/C24H21Cl2N3O2S/c1-13-12-24(2,3)28(4)18-9-8-14(10-15(13)18)11-16-21(30)27-23(32)29(22(16)31)19-7-5-6-17(25)20(19)26/h5-12H,1-4H3,(H,27,30,32)/b16-11+. The molecule has 2 heterocycles. The maximum absolute atomic E-state index is 13.3. The van der Waals surface area contributed by atoms with Gasteiger partial charge < -0.3 is 4.90 Å². The van der Waals surface area contributed by atoms with Gasteiger partial charge in [0.25, 0.3) is 11.8 Å². The lowest BCUT2D eigenvalue weighted by Gasteiger charge is -2.40. The van der Waals surface area contributed by atoms with E-state index in [1.807, 2.05) is 25.2 Å². The number of halogens is 2. The highest BCUT2D eigenvalue weighted by molar-refractivity contribution is 7.80. The molecule has 1 saturated heterocycles. The summed E-state index contributed by atoms with van der Waals surface area (Å²) in [4.78, 5) is 29.3. The molecule has 0 saturated carbocycles. The largest absolute Gasteiger partial charge is 0.366 e. The van der Waals surface area contributed by atoms with Gasteiger partial charge in [0.05, 0.1) is 21.3 Å². The van der Waals surface area contributed by atoms with Crippen LogP contribution in [-0.2, 0) is 9.59 Å². The Hall–Kier alpha value is -2.67. The number of benzene rings is 2. The number of likely N-dealkylation sites (N-methyl/N-ethyl adjacent to an activating group) is 1. The first-order valence-electron chi connectivity index (χ1n) is 9.94. The van der Waals surface area contributed by atoms with Gasteiger partial charge in [-0.3, -0.25) is 19.8 Å². The zero-order valence-corrected chi connectivity index (χ0v) is 20.3. The van der Waals surface area contributed by atoms with Crippen molar-refractivity contribution in [3.05, 3.63) is 69.2 Å². The van der Waals surface area contributed by atoms with Crippen molar-refractivity contribution in [3.8, 4) is 0 Å². The molecule has 0 bridgehead atoms. The van der Waals surface area contributed by atoms with Crippen LogP contribution >= 0.6 is 35.4 Å². The molecule has 2 aromatic rings. The monoisotopic (exact) mass is 485 g/mol. The van der Waals surface area contributed by atoms with Gasteiger partial charge in [-0.1, -0.05) is 41.4 Å². The minimum atomic E-state index is -0.564. The molecule has 2 amide bonds. The minimum absolute atomic E-state index is 0.0410. The maximum atomic E-state index is 13.3. The van der Waals surface area contributed by atoms with Crippen molar-refractivity contribution in [2.24, 2.45) is 0 Å². The molecule has 0 aromatic heterocycles. The molecule has 5 nitrogen and oxygen atoms in total. The second-order valence-corrected chi connectivity index (χ2v) is 9.52. The van der Waals surface area contributed by atoms with Crippen molar-refractivity contribution in [2.45, 2.75) is 26.3 Å². The summed E-state index contributed by atoms with van der Waals surface area (Å²) < 4.78 is 0. The number of nitrogens with zero attached hydrogens (tertiary/aromatic N) is 2. The predicted molar refractivity (Wildman–Crippen MR) is 135 cm³/mol. The number of hydrogen-bond donors (Lipinski definition) is 1. The van der Waals surface area contributed by atoms with Gasteiger partial charge in [-0.2, -0.15) is 0 Å². The first-order chi connectivity index (χ1) is 15.0. The van der Waals surface area contributed by atoms with Crippen molar-refractivity contribution in [1.82, 2.24) is 5.32 Å². The molecular weight excluding hydrogens is 465 g/mol. The van der Waals surface area contributed by atoms with Crippen molar-refractivity contribution in [2.75, 3.05) is 16.8 Å². The summed E-state index contributed by atoms with van der Waals surface area (Å²) in [5, 5.41) is 2.99. The highest BCUT2D eigenvalue weighted by atomic mass is 35.5. The normalized spacial score (nSPS) is 19.1. The maximum Gasteiger partial charge on any atom is 0.270 e. The minimum Gasteiger partial charge on any atom is -0.366 e. The second-order valence-electron chi connectivity index (χ2n) is 8.35. The van der Waals surface area contributed by atoms with Crippen LogP contribution in [-0.4, -0.2) is 29.5 Å². The first-order valence-corrected chi connectivity index (χ1v) is 11.1. The highest BCUT2D eigenvalue weighted by Gasteiger charge is 2.36. The lowest BCUT2D eigenvalue weighted by molar-refractivity contribution is -0.122. The number of anilines is 2. The summed E-state index contributed by atoms with van der Waals surface area (Å²) in [6.07, 6.45) is 3.77. The number of fused-ring (bicyclic) bond motifs is 1. The van der Waals surface area contributed by atoms with E-state index in [0.717, 1.165) is 22.4 Å². The van der Waals surface area contributed by atoms with E-state index in [2.05, 4.69) is 37.1 Å². The van der Waals surface area contributed by atoms with Crippen LogP contribution in [0.3, 0.4) is 0 Å². The second kappa shape index (κ2) is 8.03. The quantitative estimate of drug-likeness (QED) is 0.348. The number of carbonyl (C=O) groups excluding carboxylic acids is 2.